The van der Waals surface area contributed by atoms with Crippen LogP contribution in [0.15, 0.2) is 24.3 Å². The zero-order chi connectivity index (χ0) is 19.1. The fraction of sp³-hybridized carbons (Fsp3) is 0.368. The van der Waals surface area contributed by atoms with Crippen molar-refractivity contribution in [2.75, 3.05) is 27.5 Å². The summed E-state index contributed by atoms with van der Waals surface area (Å²) in [6.07, 6.45) is 2.10. The van der Waals surface area contributed by atoms with E-state index in [1.54, 1.807) is 7.11 Å². The Morgan fingerprint density at radius 3 is 2.81 bits per heavy atom. The van der Waals surface area contributed by atoms with Crippen molar-refractivity contribution in [1.29, 1.82) is 0 Å². The second-order valence-corrected chi connectivity index (χ2v) is 6.77. The topological polar surface area (TPSA) is 94.3 Å². The molecule has 8 heteroatoms. The zero-order valence-corrected chi connectivity index (χ0v) is 15.1. The van der Waals surface area contributed by atoms with E-state index in [0.29, 0.717) is 12.8 Å². The van der Waals surface area contributed by atoms with Crippen LogP contribution in [0.25, 0.3) is 11.1 Å². The second-order valence-electron chi connectivity index (χ2n) is 6.77. The first-order chi connectivity index (χ1) is 13.0. The SMILES string of the molecule is COc1ccc2c(c1)-c1c3c(cc4c1[C@@H](C2)N(C)CC4)OCO3.O=[N+]([O-])O. The van der Waals surface area contributed by atoms with Crippen LogP contribution < -0.4 is 14.2 Å². The van der Waals surface area contributed by atoms with Gasteiger partial charge in [0.25, 0.3) is 5.09 Å². The summed E-state index contributed by atoms with van der Waals surface area (Å²) in [5, 5.41) is 13.6. The monoisotopic (exact) mass is 372 g/mol. The number of benzene rings is 2. The van der Waals surface area contributed by atoms with Crippen LogP contribution in [0.5, 0.6) is 17.2 Å². The van der Waals surface area contributed by atoms with Crippen LogP contribution in [-0.4, -0.2) is 42.7 Å². The fourth-order valence-corrected chi connectivity index (χ4v) is 4.20. The van der Waals surface area contributed by atoms with Crippen LogP contribution in [0.4, 0.5) is 0 Å². The Morgan fingerprint density at radius 1 is 1.30 bits per heavy atom. The van der Waals surface area contributed by atoms with Crippen molar-refractivity contribution in [3.8, 4) is 28.4 Å². The summed E-state index contributed by atoms with van der Waals surface area (Å²) in [6.45, 7) is 1.40. The largest absolute Gasteiger partial charge is 0.497 e. The van der Waals surface area contributed by atoms with E-state index in [1.165, 1.54) is 27.8 Å². The Balaban J connectivity index is 0.000000413. The molecule has 0 unspecified atom stereocenters. The number of hydrogen-bond donors (Lipinski definition) is 1. The normalized spacial score (nSPS) is 18.7. The van der Waals surface area contributed by atoms with Crippen molar-refractivity contribution in [3.05, 3.63) is 51.1 Å². The van der Waals surface area contributed by atoms with Gasteiger partial charge in [-0.25, -0.2) is 0 Å². The van der Waals surface area contributed by atoms with Gasteiger partial charge in [0.15, 0.2) is 11.5 Å². The van der Waals surface area contributed by atoms with E-state index in [1.807, 2.05) is 6.07 Å². The summed E-state index contributed by atoms with van der Waals surface area (Å²) in [6, 6.07) is 8.98. The van der Waals surface area contributed by atoms with Crippen LogP contribution in [0, 0.1) is 10.1 Å². The Morgan fingerprint density at radius 2 is 2.07 bits per heavy atom. The van der Waals surface area contributed by atoms with Gasteiger partial charge in [-0.05, 0) is 60.3 Å². The predicted octanol–water partition coefficient (Wildman–Crippen LogP) is 2.83. The highest BCUT2D eigenvalue weighted by molar-refractivity contribution is 5.84. The van der Waals surface area contributed by atoms with Gasteiger partial charge in [0, 0.05) is 18.2 Å². The molecule has 0 fully saturated rings. The van der Waals surface area contributed by atoms with Crippen molar-refractivity contribution in [2.45, 2.75) is 18.9 Å². The number of methoxy groups -OCH3 is 1. The van der Waals surface area contributed by atoms with Crippen LogP contribution in [0.3, 0.4) is 0 Å². The Labute approximate surface area is 156 Å². The molecule has 2 aliphatic heterocycles. The molecular weight excluding hydrogens is 352 g/mol. The van der Waals surface area contributed by atoms with Crippen molar-refractivity contribution in [2.24, 2.45) is 0 Å². The van der Waals surface area contributed by atoms with E-state index in [2.05, 4.69) is 30.1 Å². The average molecular weight is 372 g/mol. The van der Waals surface area contributed by atoms with E-state index < -0.39 is 5.09 Å². The van der Waals surface area contributed by atoms with Crippen LogP contribution in [0.2, 0.25) is 0 Å². The maximum atomic E-state index is 8.36. The third-order valence-electron chi connectivity index (χ3n) is 5.39. The first kappa shape index (κ1) is 17.4. The van der Waals surface area contributed by atoms with Crippen molar-refractivity contribution < 1.29 is 24.5 Å². The van der Waals surface area contributed by atoms with Crippen LogP contribution in [-0.2, 0) is 12.8 Å². The van der Waals surface area contributed by atoms with Gasteiger partial charge in [0.2, 0.25) is 6.79 Å². The van der Waals surface area contributed by atoms with E-state index in [9.17, 15) is 0 Å². The van der Waals surface area contributed by atoms with Crippen molar-refractivity contribution >= 4 is 0 Å². The molecular formula is C19H20N2O6. The highest BCUT2D eigenvalue weighted by atomic mass is 16.9. The molecule has 2 aromatic carbocycles. The Bertz CT molecular complexity index is 910. The third kappa shape index (κ3) is 2.91. The number of hydrogen-bond acceptors (Lipinski definition) is 6. The lowest BCUT2D eigenvalue weighted by atomic mass is 9.76. The minimum absolute atomic E-state index is 0.311. The standard InChI is InChI=1S/C19H19NO3.HNO3/c1-20-6-5-12-8-16-19(23-10-22-16)18-14-9-13(21-2)4-3-11(14)7-15(20)17(12)18;2-1(3)4/h3-4,8-9,15H,5-7,10H2,1-2H3;(H,2,3,4)/t15-;/m1./s1. The highest BCUT2D eigenvalue weighted by Gasteiger charge is 2.37. The molecule has 0 saturated carbocycles. The highest BCUT2D eigenvalue weighted by Crippen LogP contribution is 2.54. The zero-order valence-electron chi connectivity index (χ0n) is 15.1. The van der Waals surface area contributed by atoms with E-state index >= 15 is 0 Å². The summed E-state index contributed by atoms with van der Waals surface area (Å²) >= 11 is 0. The number of fused-ring (bicyclic) bond motifs is 4. The predicted molar refractivity (Wildman–Crippen MR) is 96.1 cm³/mol. The molecule has 1 aliphatic carbocycles. The van der Waals surface area contributed by atoms with Crippen molar-refractivity contribution in [3.63, 3.8) is 0 Å². The molecule has 0 bridgehead atoms. The number of ether oxygens (including phenoxy) is 3. The van der Waals surface area contributed by atoms with Gasteiger partial charge in [-0.3, -0.25) is 4.90 Å². The molecule has 3 aliphatic rings. The molecule has 27 heavy (non-hydrogen) atoms. The third-order valence-corrected chi connectivity index (χ3v) is 5.39. The molecule has 1 N–H and O–H groups in total. The van der Waals surface area contributed by atoms with Crippen molar-refractivity contribution in [1.82, 2.24) is 4.90 Å². The molecule has 2 aromatic rings. The summed E-state index contributed by atoms with van der Waals surface area (Å²) in [4.78, 5) is 10.8. The number of rotatable bonds is 1. The lowest BCUT2D eigenvalue weighted by Crippen LogP contribution is -2.35. The minimum atomic E-state index is -1.50. The quantitative estimate of drug-likeness (QED) is 0.607. The number of nitrogens with zero attached hydrogens (tertiary/aromatic N) is 2. The van der Waals surface area contributed by atoms with Gasteiger partial charge in [-0.2, -0.15) is 0 Å². The first-order valence-electron chi connectivity index (χ1n) is 8.65. The second kappa shape index (κ2) is 6.62. The maximum Gasteiger partial charge on any atom is 0.291 e. The van der Waals surface area contributed by atoms with Gasteiger partial charge < -0.3 is 19.4 Å². The first-order valence-corrected chi connectivity index (χ1v) is 8.65. The molecule has 2 heterocycles. The average Bonchev–Trinajstić information content (AvgIpc) is 3.11. The van der Waals surface area contributed by atoms with Gasteiger partial charge in [-0.1, -0.05) is 6.07 Å². The molecule has 0 radical (unpaired) electrons. The Hall–Kier alpha value is -3.00. The summed E-state index contributed by atoms with van der Waals surface area (Å²) in [5.74, 6) is 2.67. The summed E-state index contributed by atoms with van der Waals surface area (Å²) in [5.41, 5.74) is 6.62. The Kier molecular flexibility index (Phi) is 4.27. The molecule has 0 saturated heterocycles. The molecule has 142 valence electrons. The fourth-order valence-electron chi connectivity index (χ4n) is 4.20. The molecule has 0 spiro atoms. The van der Waals surface area contributed by atoms with E-state index in [0.717, 1.165) is 36.6 Å². The molecule has 8 nitrogen and oxygen atoms in total. The van der Waals surface area contributed by atoms with Crippen LogP contribution in [0.1, 0.15) is 22.7 Å². The van der Waals surface area contributed by atoms with Crippen LogP contribution >= 0.6 is 0 Å². The smallest absolute Gasteiger partial charge is 0.291 e. The lowest BCUT2D eigenvalue weighted by molar-refractivity contribution is -0.742. The van der Waals surface area contributed by atoms with E-state index in [4.69, 9.17) is 29.5 Å². The molecule has 0 amide bonds. The molecule has 1 atom stereocenters. The summed E-state index contributed by atoms with van der Waals surface area (Å²) in [7, 11) is 3.93. The van der Waals surface area contributed by atoms with Gasteiger partial charge in [0.1, 0.15) is 5.75 Å². The minimum Gasteiger partial charge on any atom is -0.497 e. The maximum absolute atomic E-state index is 8.36. The van der Waals surface area contributed by atoms with Gasteiger partial charge in [0.05, 0.1) is 7.11 Å². The molecule has 0 aromatic heterocycles. The lowest BCUT2D eigenvalue weighted by Gasteiger charge is -2.40. The molecule has 5 rings (SSSR count). The van der Waals surface area contributed by atoms with Gasteiger partial charge >= 0.3 is 0 Å². The van der Waals surface area contributed by atoms with E-state index in [-0.39, 0.29) is 0 Å². The van der Waals surface area contributed by atoms with Gasteiger partial charge in [-0.15, -0.1) is 10.1 Å². The summed E-state index contributed by atoms with van der Waals surface area (Å²) < 4.78 is 17.0. The number of likely N-dealkylation sites (N-methyl/N-ethyl adjacent to an activating group) is 1.